The van der Waals surface area contributed by atoms with E-state index in [1.807, 2.05) is 12.1 Å². The third kappa shape index (κ3) is 4.60. The molecule has 1 amide bonds. The number of carbonyl (C=O) groups is 2. The van der Waals surface area contributed by atoms with Crippen molar-refractivity contribution in [3.8, 4) is 0 Å². The van der Waals surface area contributed by atoms with Crippen LogP contribution in [0.1, 0.15) is 101 Å². The highest BCUT2D eigenvalue weighted by Crippen LogP contribution is 2.68. The van der Waals surface area contributed by atoms with Crippen molar-refractivity contribution in [1.82, 2.24) is 5.32 Å². The molecule has 210 valence electrons. The maximum atomic E-state index is 13.0. The minimum Gasteiger partial charge on any atom is -0.481 e. The standard InChI is InChI=1S/C32H47NO5/c1-19(8-13-29(36)37)25-11-12-26-24-10-9-21-16-22(33-30(38)23-7-5-4-6-20(23)18-34)14-15-31(21,2)27(24)17-28(35)32(25,26)3/h4-7,19,21-22,24-28,34-35H,8-18H2,1-3H3,(H,33,38)(H,36,37). The topological polar surface area (TPSA) is 107 Å². The molecule has 10 atom stereocenters. The fourth-order valence-electron chi connectivity index (χ4n) is 10.0. The first-order valence-corrected chi connectivity index (χ1v) is 15.0. The Balaban J connectivity index is 1.28. The zero-order chi connectivity index (χ0) is 27.2. The number of hydrogen-bond donors (Lipinski definition) is 4. The average molecular weight is 526 g/mol. The summed E-state index contributed by atoms with van der Waals surface area (Å²) in [5, 5.41) is 33.9. The Bertz CT molecular complexity index is 1040. The molecule has 4 N–H and O–H groups in total. The lowest BCUT2D eigenvalue weighted by Crippen LogP contribution is -2.59. The summed E-state index contributed by atoms with van der Waals surface area (Å²) >= 11 is 0. The van der Waals surface area contributed by atoms with Crippen LogP contribution in [-0.2, 0) is 11.4 Å². The number of rotatable bonds is 7. The maximum absolute atomic E-state index is 13.0. The van der Waals surface area contributed by atoms with Gasteiger partial charge in [0.2, 0.25) is 0 Å². The first-order valence-electron chi connectivity index (χ1n) is 15.0. The van der Waals surface area contributed by atoms with Crippen molar-refractivity contribution in [3.63, 3.8) is 0 Å². The van der Waals surface area contributed by atoms with Crippen molar-refractivity contribution >= 4 is 11.9 Å². The molecule has 4 aliphatic carbocycles. The van der Waals surface area contributed by atoms with Gasteiger partial charge in [-0.3, -0.25) is 9.59 Å². The Morgan fingerprint density at radius 3 is 2.55 bits per heavy atom. The van der Waals surface area contributed by atoms with Crippen molar-refractivity contribution in [1.29, 1.82) is 0 Å². The molecule has 4 aliphatic rings. The molecule has 6 nitrogen and oxygen atoms in total. The number of fused-ring (bicyclic) bond motifs is 5. The molecule has 38 heavy (non-hydrogen) atoms. The number of nitrogens with one attached hydrogen (secondary N) is 1. The molecule has 0 spiro atoms. The molecule has 0 saturated heterocycles. The van der Waals surface area contributed by atoms with Gasteiger partial charge >= 0.3 is 5.97 Å². The molecule has 5 rings (SSSR count). The Kier molecular flexibility index (Phi) is 7.69. The van der Waals surface area contributed by atoms with Crippen molar-refractivity contribution in [2.24, 2.45) is 46.3 Å². The summed E-state index contributed by atoms with van der Waals surface area (Å²) in [5.74, 6) is 2.08. The van der Waals surface area contributed by atoms with E-state index in [0.717, 1.165) is 38.5 Å². The number of aliphatic hydroxyl groups is 2. The quantitative estimate of drug-likeness (QED) is 0.381. The van der Waals surface area contributed by atoms with Gasteiger partial charge in [-0.1, -0.05) is 39.0 Å². The molecule has 0 bridgehead atoms. The Hall–Kier alpha value is -1.92. The van der Waals surface area contributed by atoms with Gasteiger partial charge in [-0.2, -0.15) is 0 Å². The predicted octanol–water partition coefficient (Wildman–Crippen LogP) is 5.41. The number of aliphatic carboxylic acids is 1. The van der Waals surface area contributed by atoms with Crippen LogP contribution in [0, 0.1) is 46.3 Å². The number of benzene rings is 1. The smallest absolute Gasteiger partial charge is 0.303 e. The number of carbonyl (C=O) groups excluding carboxylic acids is 1. The summed E-state index contributed by atoms with van der Waals surface area (Å²) in [4.78, 5) is 24.2. The van der Waals surface area contributed by atoms with E-state index in [1.165, 1.54) is 12.8 Å². The van der Waals surface area contributed by atoms with Crippen LogP contribution >= 0.6 is 0 Å². The third-order valence-corrected chi connectivity index (χ3v) is 12.1. The lowest BCUT2D eigenvalue weighted by Gasteiger charge is -2.62. The molecule has 6 heteroatoms. The van der Waals surface area contributed by atoms with Gasteiger partial charge in [0.25, 0.3) is 5.91 Å². The predicted molar refractivity (Wildman–Crippen MR) is 146 cm³/mol. The van der Waals surface area contributed by atoms with Gasteiger partial charge < -0.3 is 20.6 Å². The molecule has 0 radical (unpaired) electrons. The van der Waals surface area contributed by atoms with Crippen molar-refractivity contribution in [2.75, 3.05) is 0 Å². The van der Waals surface area contributed by atoms with Crippen LogP contribution in [0.4, 0.5) is 0 Å². The third-order valence-electron chi connectivity index (χ3n) is 12.1. The van der Waals surface area contributed by atoms with Crippen LogP contribution in [0.5, 0.6) is 0 Å². The number of aliphatic hydroxyl groups excluding tert-OH is 2. The fourth-order valence-corrected chi connectivity index (χ4v) is 10.0. The normalized spacial score (nSPS) is 40.9. The van der Waals surface area contributed by atoms with Gasteiger partial charge in [-0.25, -0.2) is 0 Å². The molecule has 4 saturated carbocycles. The van der Waals surface area contributed by atoms with Crippen LogP contribution < -0.4 is 5.32 Å². The van der Waals surface area contributed by atoms with Gasteiger partial charge in [-0.05, 0) is 116 Å². The monoisotopic (exact) mass is 525 g/mol. The molecule has 1 aromatic carbocycles. The van der Waals surface area contributed by atoms with Crippen LogP contribution in [0.2, 0.25) is 0 Å². The molecular weight excluding hydrogens is 478 g/mol. The molecule has 0 aromatic heterocycles. The van der Waals surface area contributed by atoms with E-state index < -0.39 is 5.97 Å². The summed E-state index contributed by atoms with van der Waals surface area (Å²) in [6, 6.07) is 7.43. The Morgan fingerprint density at radius 1 is 1.05 bits per heavy atom. The highest BCUT2D eigenvalue weighted by molar-refractivity contribution is 5.95. The second-order valence-electron chi connectivity index (χ2n) is 13.6. The molecule has 10 unspecified atom stereocenters. The second kappa shape index (κ2) is 10.6. The Labute approximate surface area is 227 Å². The molecule has 0 heterocycles. The van der Waals surface area contributed by atoms with E-state index in [2.05, 4.69) is 26.1 Å². The van der Waals surface area contributed by atoms with Crippen LogP contribution in [0.15, 0.2) is 24.3 Å². The molecule has 0 aliphatic heterocycles. The number of carboxylic acids is 1. The summed E-state index contributed by atoms with van der Waals surface area (Å²) < 4.78 is 0. The maximum Gasteiger partial charge on any atom is 0.303 e. The summed E-state index contributed by atoms with van der Waals surface area (Å²) in [5.41, 5.74) is 1.29. The zero-order valence-electron chi connectivity index (χ0n) is 23.4. The van der Waals surface area contributed by atoms with Gasteiger partial charge in [-0.15, -0.1) is 0 Å². The SMILES string of the molecule is CC(CCC(=O)O)C1CCC2C3CCC4CC(NC(=O)c5ccccc5CO)CCC4(C)C3CC(O)C12C. The summed E-state index contributed by atoms with van der Waals surface area (Å²) in [6.45, 7) is 6.84. The Morgan fingerprint density at radius 2 is 1.82 bits per heavy atom. The lowest BCUT2D eigenvalue weighted by molar-refractivity contribution is -0.169. The average Bonchev–Trinajstić information content (AvgIpc) is 3.26. The van der Waals surface area contributed by atoms with Crippen molar-refractivity contribution < 1.29 is 24.9 Å². The largest absolute Gasteiger partial charge is 0.481 e. The van der Waals surface area contributed by atoms with E-state index in [9.17, 15) is 24.9 Å². The molecule has 1 aromatic rings. The fraction of sp³-hybridized carbons (Fsp3) is 0.750. The molecular formula is C32H47NO5. The van der Waals surface area contributed by atoms with Crippen LogP contribution in [-0.4, -0.2) is 39.3 Å². The van der Waals surface area contributed by atoms with Crippen LogP contribution in [0.3, 0.4) is 0 Å². The molecule has 4 fully saturated rings. The van der Waals surface area contributed by atoms with Gasteiger partial charge in [0.1, 0.15) is 0 Å². The first-order chi connectivity index (χ1) is 18.1. The first kappa shape index (κ1) is 27.6. The van der Waals surface area contributed by atoms with Crippen LogP contribution in [0.25, 0.3) is 0 Å². The second-order valence-corrected chi connectivity index (χ2v) is 13.6. The number of amides is 1. The van der Waals surface area contributed by atoms with Gasteiger partial charge in [0, 0.05) is 18.0 Å². The van der Waals surface area contributed by atoms with E-state index in [4.69, 9.17) is 0 Å². The minimum atomic E-state index is -0.726. The van der Waals surface area contributed by atoms with Gasteiger partial charge in [0.15, 0.2) is 0 Å². The minimum absolute atomic E-state index is 0.0881. The van der Waals surface area contributed by atoms with E-state index >= 15 is 0 Å². The summed E-state index contributed by atoms with van der Waals surface area (Å²) in [6.07, 6.45) is 9.07. The lowest BCUT2D eigenvalue weighted by atomic mass is 9.43. The zero-order valence-corrected chi connectivity index (χ0v) is 23.4. The highest BCUT2D eigenvalue weighted by Gasteiger charge is 2.63. The highest BCUT2D eigenvalue weighted by atomic mass is 16.4. The van der Waals surface area contributed by atoms with E-state index in [0.29, 0.717) is 53.1 Å². The van der Waals surface area contributed by atoms with E-state index in [1.54, 1.807) is 12.1 Å². The van der Waals surface area contributed by atoms with Gasteiger partial charge in [0.05, 0.1) is 12.7 Å². The van der Waals surface area contributed by atoms with Crippen molar-refractivity contribution in [2.45, 2.75) is 104 Å². The summed E-state index contributed by atoms with van der Waals surface area (Å²) in [7, 11) is 0. The van der Waals surface area contributed by atoms with E-state index in [-0.39, 0.29) is 41.9 Å². The van der Waals surface area contributed by atoms with Crippen molar-refractivity contribution in [3.05, 3.63) is 35.4 Å². The number of hydrogen-bond acceptors (Lipinski definition) is 4. The number of carboxylic acid groups (broad SMARTS) is 1.